The predicted octanol–water partition coefficient (Wildman–Crippen LogP) is 4.37. The molecule has 0 aromatic heterocycles. The van der Waals surface area contributed by atoms with Crippen LogP contribution in [0.4, 0.5) is 4.79 Å². The lowest BCUT2D eigenvalue weighted by Gasteiger charge is -2.30. The van der Waals surface area contributed by atoms with Crippen molar-refractivity contribution in [3.63, 3.8) is 0 Å². The van der Waals surface area contributed by atoms with E-state index in [2.05, 4.69) is 60.8 Å². The summed E-state index contributed by atoms with van der Waals surface area (Å²) in [5, 5.41) is 3.13. The number of ether oxygens (including phenoxy) is 1. The van der Waals surface area contributed by atoms with Crippen LogP contribution < -0.4 is 5.32 Å². The third kappa shape index (κ3) is 4.16. The molecule has 1 aliphatic carbocycles. The SMILES string of the molecule is Cc1ccc(CN(C(=O)NCC2CCCO2)C2CCc3ccccc32)cc1. The van der Waals surface area contributed by atoms with E-state index in [1.165, 1.54) is 16.7 Å². The van der Waals surface area contributed by atoms with Crippen molar-refractivity contribution in [2.45, 2.75) is 51.3 Å². The third-order valence-electron chi connectivity index (χ3n) is 5.72. The van der Waals surface area contributed by atoms with Crippen molar-refractivity contribution in [1.82, 2.24) is 10.2 Å². The van der Waals surface area contributed by atoms with E-state index in [0.29, 0.717) is 13.1 Å². The summed E-state index contributed by atoms with van der Waals surface area (Å²) in [6.45, 7) is 4.11. The molecular formula is C23H28N2O2. The Bertz CT molecular complexity index is 781. The van der Waals surface area contributed by atoms with Crippen molar-refractivity contribution in [1.29, 1.82) is 0 Å². The first kappa shape index (κ1) is 18.1. The molecule has 0 bridgehead atoms. The lowest BCUT2D eigenvalue weighted by molar-refractivity contribution is 0.106. The molecule has 27 heavy (non-hydrogen) atoms. The Morgan fingerprint density at radius 3 is 2.74 bits per heavy atom. The largest absolute Gasteiger partial charge is 0.376 e. The van der Waals surface area contributed by atoms with Crippen molar-refractivity contribution in [2.24, 2.45) is 0 Å². The highest BCUT2D eigenvalue weighted by Crippen LogP contribution is 2.36. The second-order valence-corrected chi connectivity index (χ2v) is 7.69. The molecule has 142 valence electrons. The minimum Gasteiger partial charge on any atom is -0.376 e. The third-order valence-corrected chi connectivity index (χ3v) is 5.72. The van der Waals surface area contributed by atoms with Crippen LogP contribution in [-0.4, -0.2) is 30.2 Å². The van der Waals surface area contributed by atoms with E-state index >= 15 is 0 Å². The monoisotopic (exact) mass is 364 g/mol. The summed E-state index contributed by atoms with van der Waals surface area (Å²) in [7, 11) is 0. The number of aryl methyl sites for hydroxylation is 2. The van der Waals surface area contributed by atoms with Crippen LogP contribution in [0.5, 0.6) is 0 Å². The first-order chi connectivity index (χ1) is 13.2. The zero-order valence-corrected chi connectivity index (χ0v) is 16.0. The highest BCUT2D eigenvalue weighted by molar-refractivity contribution is 5.75. The molecule has 4 rings (SSSR count). The lowest BCUT2D eigenvalue weighted by atomic mass is 10.1. The molecule has 2 aromatic carbocycles. The van der Waals surface area contributed by atoms with Crippen LogP contribution in [0, 0.1) is 6.92 Å². The maximum Gasteiger partial charge on any atom is 0.318 e. The Balaban J connectivity index is 1.53. The van der Waals surface area contributed by atoms with E-state index < -0.39 is 0 Å². The van der Waals surface area contributed by atoms with Gasteiger partial charge in [0.25, 0.3) is 0 Å². The summed E-state index contributed by atoms with van der Waals surface area (Å²) >= 11 is 0. The van der Waals surface area contributed by atoms with Gasteiger partial charge < -0.3 is 15.0 Å². The molecule has 1 fully saturated rings. The smallest absolute Gasteiger partial charge is 0.318 e. The molecule has 1 heterocycles. The van der Waals surface area contributed by atoms with Crippen LogP contribution in [0.25, 0.3) is 0 Å². The number of fused-ring (bicyclic) bond motifs is 1. The summed E-state index contributed by atoms with van der Waals surface area (Å²) < 4.78 is 5.66. The number of urea groups is 1. The summed E-state index contributed by atoms with van der Waals surface area (Å²) in [5.41, 5.74) is 5.05. The molecule has 1 N–H and O–H groups in total. The molecule has 2 aromatic rings. The van der Waals surface area contributed by atoms with E-state index in [-0.39, 0.29) is 18.2 Å². The van der Waals surface area contributed by atoms with E-state index in [4.69, 9.17) is 4.74 Å². The fraction of sp³-hybridized carbons (Fsp3) is 0.435. The maximum atomic E-state index is 13.1. The molecule has 0 radical (unpaired) electrons. The number of nitrogens with zero attached hydrogens (tertiary/aromatic N) is 1. The molecule has 2 atom stereocenters. The van der Waals surface area contributed by atoms with Gasteiger partial charge in [-0.15, -0.1) is 0 Å². The Kier molecular flexibility index (Phi) is 5.44. The number of benzene rings is 2. The number of carbonyl (C=O) groups is 1. The van der Waals surface area contributed by atoms with Gasteiger partial charge in [-0.1, -0.05) is 54.1 Å². The van der Waals surface area contributed by atoms with E-state index in [0.717, 1.165) is 37.9 Å². The van der Waals surface area contributed by atoms with E-state index in [1.54, 1.807) is 0 Å². The van der Waals surface area contributed by atoms with Crippen LogP contribution in [0.15, 0.2) is 48.5 Å². The number of amides is 2. The van der Waals surface area contributed by atoms with Gasteiger partial charge in [0.15, 0.2) is 0 Å². The van der Waals surface area contributed by atoms with Crippen LogP contribution in [0.1, 0.15) is 47.6 Å². The summed E-state index contributed by atoms with van der Waals surface area (Å²) in [6.07, 6.45) is 4.29. The molecule has 2 amide bonds. The Morgan fingerprint density at radius 1 is 1.15 bits per heavy atom. The summed E-state index contributed by atoms with van der Waals surface area (Å²) in [5.74, 6) is 0. The molecule has 4 heteroatoms. The predicted molar refractivity (Wildman–Crippen MR) is 107 cm³/mol. The van der Waals surface area contributed by atoms with Crippen molar-refractivity contribution in [2.75, 3.05) is 13.2 Å². The summed E-state index contributed by atoms with van der Waals surface area (Å²) in [6, 6.07) is 17.1. The average molecular weight is 364 g/mol. The van der Waals surface area contributed by atoms with Crippen LogP contribution in [0.2, 0.25) is 0 Å². The molecule has 1 saturated heterocycles. The molecule has 2 unspecified atom stereocenters. The molecule has 1 aliphatic heterocycles. The van der Waals surface area contributed by atoms with Gasteiger partial charge in [-0.3, -0.25) is 0 Å². The fourth-order valence-electron chi connectivity index (χ4n) is 4.18. The zero-order chi connectivity index (χ0) is 18.6. The van der Waals surface area contributed by atoms with Gasteiger partial charge in [0, 0.05) is 19.7 Å². The van der Waals surface area contributed by atoms with Crippen molar-refractivity contribution in [3.8, 4) is 0 Å². The lowest BCUT2D eigenvalue weighted by Crippen LogP contribution is -2.43. The van der Waals surface area contributed by atoms with Gasteiger partial charge in [-0.05, 0) is 49.3 Å². The number of rotatable bonds is 5. The molecule has 0 saturated carbocycles. The number of hydrogen-bond acceptors (Lipinski definition) is 2. The number of nitrogens with one attached hydrogen (secondary N) is 1. The van der Waals surface area contributed by atoms with Crippen molar-refractivity contribution >= 4 is 6.03 Å². The highest BCUT2D eigenvalue weighted by Gasteiger charge is 2.31. The Morgan fingerprint density at radius 2 is 1.96 bits per heavy atom. The van der Waals surface area contributed by atoms with Gasteiger partial charge >= 0.3 is 6.03 Å². The van der Waals surface area contributed by atoms with Crippen molar-refractivity contribution < 1.29 is 9.53 Å². The van der Waals surface area contributed by atoms with Crippen LogP contribution >= 0.6 is 0 Å². The van der Waals surface area contributed by atoms with Gasteiger partial charge in [0.05, 0.1) is 12.1 Å². The normalized spacial score (nSPS) is 21.1. The first-order valence-electron chi connectivity index (χ1n) is 10.00. The van der Waals surface area contributed by atoms with Crippen molar-refractivity contribution in [3.05, 3.63) is 70.8 Å². The number of hydrogen-bond donors (Lipinski definition) is 1. The zero-order valence-electron chi connectivity index (χ0n) is 16.0. The van der Waals surface area contributed by atoms with E-state index in [9.17, 15) is 4.79 Å². The molecule has 0 spiro atoms. The average Bonchev–Trinajstić information content (AvgIpc) is 3.35. The second-order valence-electron chi connectivity index (χ2n) is 7.69. The highest BCUT2D eigenvalue weighted by atomic mass is 16.5. The molecule has 4 nitrogen and oxygen atoms in total. The Labute approximate surface area is 161 Å². The van der Waals surface area contributed by atoms with Gasteiger partial charge in [0.1, 0.15) is 0 Å². The quantitative estimate of drug-likeness (QED) is 0.856. The fourth-order valence-corrected chi connectivity index (χ4v) is 4.18. The second kappa shape index (κ2) is 8.13. The number of carbonyl (C=O) groups excluding carboxylic acids is 1. The van der Waals surface area contributed by atoms with E-state index in [1.807, 2.05) is 4.90 Å². The van der Waals surface area contributed by atoms with Gasteiger partial charge in [0.2, 0.25) is 0 Å². The maximum absolute atomic E-state index is 13.1. The standard InChI is InChI=1S/C23H28N2O2/c1-17-8-10-18(11-9-17)16-25(23(26)24-15-20-6-4-14-27-20)22-13-12-19-5-2-3-7-21(19)22/h2-3,5,7-11,20,22H,4,6,12-16H2,1H3,(H,24,26). The van der Waals surface area contributed by atoms with Crippen LogP contribution in [0.3, 0.4) is 0 Å². The van der Waals surface area contributed by atoms with Gasteiger partial charge in [-0.25, -0.2) is 4.79 Å². The molecule has 2 aliphatic rings. The minimum absolute atomic E-state index is 0.00720. The topological polar surface area (TPSA) is 41.6 Å². The van der Waals surface area contributed by atoms with Crippen LogP contribution in [-0.2, 0) is 17.7 Å². The van der Waals surface area contributed by atoms with Gasteiger partial charge in [-0.2, -0.15) is 0 Å². The minimum atomic E-state index is 0.00720. The summed E-state index contributed by atoms with van der Waals surface area (Å²) in [4.78, 5) is 15.1. The Hall–Kier alpha value is -2.33. The molecular weight excluding hydrogens is 336 g/mol. The first-order valence-corrected chi connectivity index (χ1v) is 10.00.